The van der Waals surface area contributed by atoms with Gasteiger partial charge in [0.2, 0.25) is 5.91 Å². The Labute approximate surface area is 171 Å². The van der Waals surface area contributed by atoms with Crippen LogP contribution in [0.4, 0.5) is 0 Å². The third-order valence-electron chi connectivity index (χ3n) is 4.31. The van der Waals surface area contributed by atoms with E-state index in [-0.39, 0.29) is 11.8 Å². The predicted octanol–water partition coefficient (Wildman–Crippen LogP) is 4.10. The molecule has 6 heteroatoms. The van der Waals surface area contributed by atoms with Crippen molar-refractivity contribution in [3.63, 3.8) is 0 Å². The first-order valence-corrected chi connectivity index (χ1v) is 9.63. The minimum Gasteiger partial charge on any atom is -0.497 e. The van der Waals surface area contributed by atoms with E-state index in [1.165, 1.54) is 0 Å². The molecule has 3 rings (SSSR count). The van der Waals surface area contributed by atoms with E-state index in [0.29, 0.717) is 13.0 Å². The summed E-state index contributed by atoms with van der Waals surface area (Å²) in [6.45, 7) is 4.64. The molecule has 0 aliphatic heterocycles. The molecule has 1 heterocycles. The Morgan fingerprint density at radius 3 is 2.72 bits per heavy atom. The molecule has 150 valence electrons. The Balaban J connectivity index is 1.88. The molecule has 1 N–H and O–H groups in total. The maximum Gasteiger partial charge on any atom is 0.240 e. The fraction of sp³-hybridized carbons (Fsp3) is 0.261. The molecule has 2 aromatic carbocycles. The zero-order valence-corrected chi connectivity index (χ0v) is 17.0. The van der Waals surface area contributed by atoms with Gasteiger partial charge in [-0.1, -0.05) is 56.3 Å². The topological polar surface area (TPSA) is 68.5 Å². The summed E-state index contributed by atoms with van der Waals surface area (Å²) in [5.41, 5.74) is 6.27. The molecule has 0 fully saturated rings. The molecule has 0 saturated carbocycles. The summed E-state index contributed by atoms with van der Waals surface area (Å²) in [4.78, 5) is 11.9. The van der Waals surface area contributed by atoms with Crippen LogP contribution in [-0.4, -0.2) is 29.0 Å². The van der Waals surface area contributed by atoms with Crippen LogP contribution in [0.15, 0.2) is 65.9 Å². The van der Waals surface area contributed by atoms with Gasteiger partial charge in [-0.05, 0) is 23.6 Å². The highest BCUT2D eigenvalue weighted by Crippen LogP contribution is 2.25. The Morgan fingerprint density at radius 1 is 1.21 bits per heavy atom. The van der Waals surface area contributed by atoms with Crippen LogP contribution in [0.25, 0.3) is 11.3 Å². The molecule has 0 saturated heterocycles. The highest BCUT2D eigenvalue weighted by atomic mass is 16.5. The van der Waals surface area contributed by atoms with Gasteiger partial charge in [0, 0.05) is 23.7 Å². The molecule has 6 nitrogen and oxygen atoms in total. The lowest BCUT2D eigenvalue weighted by molar-refractivity contribution is -0.121. The number of carbonyl (C=O) groups excluding carboxylic acids is 1. The molecule has 0 radical (unpaired) electrons. The van der Waals surface area contributed by atoms with Crippen molar-refractivity contribution in [1.82, 2.24) is 15.2 Å². The number of hydrogen-bond acceptors (Lipinski definition) is 4. The zero-order chi connectivity index (χ0) is 20.6. The van der Waals surface area contributed by atoms with Crippen molar-refractivity contribution < 1.29 is 9.53 Å². The van der Waals surface area contributed by atoms with Crippen molar-refractivity contribution in [1.29, 1.82) is 0 Å². The van der Waals surface area contributed by atoms with E-state index < -0.39 is 0 Å². The monoisotopic (exact) mass is 390 g/mol. The number of amides is 1. The van der Waals surface area contributed by atoms with E-state index in [4.69, 9.17) is 9.84 Å². The average molecular weight is 390 g/mol. The number of rotatable bonds is 8. The lowest BCUT2D eigenvalue weighted by Gasteiger charge is -2.04. The summed E-state index contributed by atoms with van der Waals surface area (Å²) in [5, 5.41) is 8.89. The molecule has 3 aromatic rings. The number of nitrogens with zero attached hydrogens (tertiary/aromatic N) is 3. The summed E-state index contributed by atoms with van der Waals surface area (Å²) >= 11 is 0. The highest BCUT2D eigenvalue weighted by Gasteiger charge is 2.12. The molecular weight excluding hydrogens is 364 g/mol. The molecule has 29 heavy (non-hydrogen) atoms. The van der Waals surface area contributed by atoms with Gasteiger partial charge in [0.05, 0.1) is 19.9 Å². The van der Waals surface area contributed by atoms with E-state index >= 15 is 0 Å². The summed E-state index contributed by atoms with van der Waals surface area (Å²) in [7, 11) is 1.64. The maximum absolute atomic E-state index is 11.9. The summed E-state index contributed by atoms with van der Waals surface area (Å²) in [6, 6.07) is 17.9. The summed E-state index contributed by atoms with van der Waals surface area (Å²) < 4.78 is 7.22. The fourth-order valence-corrected chi connectivity index (χ4v) is 2.97. The van der Waals surface area contributed by atoms with Gasteiger partial charge in [-0.25, -0.2) is 5.43 Å². The standard InChI is InChI=1S/C23H26N4O2/c1-17(2)12-22(28)25-24-14-20-16-27(15-18-8-5-4-6-9-18)26-23(20)19-10-7-11-21(13-19)29-3/h4-11,13-14,16-17H,12,15H2,1-3H3,(H,25,28)/b24-14-. The second kappa shape index (κ2) is 9.68. The Kier molecular flexibility index (Phi) is 6.79. The summed E-state index contributed by atoms with van der Waals surface area (Å²) in [5.74, 6) is 0.940. The number of carbonyl (C=O) groups is 1. The van der Waals surface area contributed by atoms with Gasteiger partial charge in [0.1, 0.15) is 11.4 Å². The number of ether oxygens (including phenoxy) is 1. The van der Waals surface area contributed by atoms with Crippen molar-refractivity contribution >= 4 is 12.1 Å². The van der Waals surface area contributed by atoms with E-state index in [1.54, 1.807) is 13.3 Å². The fourth-order valence-electron chi connectivity index (χ4n) is 2.97. The molecular formula is C23H26N4O2. The van der Waals surface area contributed by atoms with E-state index in [9.17, 15) is 4.79 Å². The first-order chi connectivity index (χ1) is 14.0. The normalized spacial score (nSPS) is 11.2. The van der Waals surface area contributed by atoms with E-state index in [2.05, 4.69) is 22.7 Å². The van der Waals surface area contributed by atoms with Crippen LogP contribution in [0, 0.1) is 5.92 Å². The first-order valence-electron chi connectivity index (χ1n) is 9.63. The summed E-state index contributed by atoms with van der Waals surface area (Å²) in [6.07, 6.45) is 4.01. The number of methoxy groups -OCH3 is 1. The van der Waals surface area contributed by atoms with Gasteiger partial charge in [-0.2, -0.15) is 10.2 Å². The van der Waals surface area contributed by atoms with Gasteiger partial charge in [-0.15, -0.1) is 0 Å². The van der Waals surface area contributed by atoms with Crippen LogP contribution >= 0.6 is 0 Å². The molecule has 0 unspecified atom stereocenters. The maximum atomic E-state index is 11.9. The first kappa shape index (κ1) is 20.3. The van der Waals surface area contributed by atoms with Gasteiger partial charge in [0.15, 0.2) is 0 Å². The average Bonchev–Trinajstić information content (AvgIpc) is 3.10. The van der Waals surface area contributed by atoms with Gasteiger partial charge < -0.3 is 4.74 Å². The zero-order valence-electron chi connectivity index (χ0n) is 17.0. The molecule has 0 atom stereocenters. The van der Waals surface area contributed by atoms with Crippen LogP contribution in [0.1, 0.15) is 31.4 Å². The lowest BCUT2D eigenvalue weighted by atomic mass is 10.1. The smallest absolute Gasteiger partial charge is 0.240 e. The van der Waals surface area contributed by atoms with Crippen molar-refractivity contribution in [2.75, 3.05) is 7.11 Å². The van der Waals surface area contributed by atoms with Gasteiger partial charge >= 0.3 is 0 Å². The third-order valence-corrected chi connectivity index (χ3v) is 4.31. The Hall–Kier alpha value is -3.41. The highest BCUT2D eigenvalue weighted by molar-refractivity contribution is 5.89. The number of benzene rings is 2. The van der Waals surface area contributed by atoms with Crippen LogP contribution in [0.2, 0.25) is 0 Å². The SMILES string of the molecule is COc1cccc(-c2nn(Cc3ccccc3)cc2/C=N\NC(=O)CC(C)C)c1. The van der Waals surface area contributed by atoms with Gasteiger partial charge in [-0.3, -0.25) is 9.48 Å². The Morgan fingerprint density at radius 2 is 2.00 bits per heavy atom. The second-order valence-electron chi connectivity index (χ2n) is 7.24. The Bertz CT molecular complexity index is 978. The third kappa shape index (κ3) is 5.78. The van der Waals surface area contributed by atoms with Crippen molar-refractivity contribution in [3.05, 3.63) is 71.9 Å². The molecule has 0 aliphatic rings. The molecule has 0 aliphatic carbocycles. The van der Waals surface area contributed by atoms with Crippen LogP contribution < -0.4 is 10.2 Å². The number of aromatic nitrogens is 2. The number of hydrogen-bond donors (Lipinski definition) is 1. The molecule has 0 bridgehead atoms. The minimum absolute atomic E-state index is 0.101. The van der Waals surface area contributed by atoms with Crippen LogP contribution in [0.5, 0.6) is 5.75 Å². The van der Waals surface area contributed by atoms with E-state index in [1.807, 2.05) is 67.2 Å². The van der Waals surface area contributed by atoms with Crippen molar-refractivity contribution in [2.45, 2.75) is 26.8 Å². The van der Waals surface area contributed by atoms with Crippen molar-refractivity contribution in [2.24, 2.45) is 11.0 Å². The molecule has 0 spiro atoms. The predicted molar refractivity (Wildman–Crippen MR) is 115 cm³/mol. The van der Waals surface area contributed by atoms with E-state index in [0.717, 1.165) is 28.1 Å². The van der Waals surface area contributed by atoms with Crippen molar-refractivity contribution in [3.8, 4) is 17.0 Å². The molecule has 1 amide bonds. The molecule has 1 aromatic heterocycles. The lowest BCUT2D eigenvalue weighted by Crippen LogP contribution is -2.19. The largest absolute Gasteiger partial charge is 0.497 e. The van der Waals surface area contributed by atoms with Crippen LogP contribution in [0.3, 0.4) is 0 Å². The quantitative estimate of drug-likeness (QED) is 0.465. The second-order valence-corrected chi connectivity index (χ2v) is 7.24. The minimum atomic E-state index is -0.101. The number of hydrazone groups is 1. The van der Waals surface area contributed by atoms with Crippen LogP contribution in [-0.2, 0) is 11.3 Å². The van der Waals surface area contributed by atoms with Gasteiger partial charge in [0.25, 0.3) is 0 Å². The number of nitrogens with one attached hydrogen (secondary N) is 1.